The predicted octanol–water partition coefficient (Wildman–Crippen LogP) is 15.8. The summed E-state index contributed by atoms with van der Waals surface area (Å²) in [5.74, 6) is 0. The summed E-state index contributed by atoms with van der Waals surface area (Å²) in [6.07, 6.45) is 7.37. The first kappa shape index (κ1) is 38.5. The molecule has 0 saturated carbocycles. The third-order valence-electron chi connectivity index (χ3n) is 13.0. The summed E-state index contributed by atoms with van der Waals surface area (Å²) in [7, 11) is 0. The second-order valence-electron chi connectivity index (χ2n) is 17.6. The number of unbranched alkanes of at least 4 members (excludes halogenated alkanes) is 3. The highest BCUT2D eigenvalue weighted by Gasteiger charge is 2.35. The lowest BCUT2D eigenvalue weighted by Crippen LogP contribution is -2.14. The molecule has 0 N–H and O–H groups in total. The summed E-state index contributed by atoms with van der Waals surface area (Å²) < 4.78 is 0. The van der Waals surface area contributed by atoms with Crippen LogP contribution >= 0.6 is 0 Å². The van der Waals surface area contributed by atoms with Gasteiger partial charge in [-0.3, -0.25) is 0 Å². The van der Waals surface area contributed by atoms with Gasteiger partial charge in [-0.1, -0.05) is 154 Å². The maximum Gasteiger partial charge on any atom is 0.0716 e. The minimum atomic E-state index is -0.0695. The lowest BCUT2D eigenvalue weighted by atomic mass is 9.81. The first-order valence-corrected chi connectivity index (χ1v) is 21.7. The molecular weight excluding hydrogens is 711 g/mol. The molecule has 292 valence electrons. The van der Waals surface area contributed by atoms with Crippen molar-refractivity contribution in [2.45, 2.75) is 85.5 Å². The molecule has 0 aliphatic heterocycles. The van der Waals surface area contributed by atoms with Crippen LogP contribution in [0.4, 0.5) is 0 Å². The number of aryl methyl sites for hydroxylation is 6. The SMILES string of the molecule is Cc1cc(-c2cccc(CCCCCCc3ccccc3)c2)cc(C)c1-c1ccc2nc(-c3ccc4c(c3)C(C)(C)c3ccccc3-4)cc(-c3c(C)cccc3C)c2c1. The highest BCUT2D eigenvalue weighted by atomic mass is 14.7. The standard InChI is InChI=1S/C58H55N/c1-38-18-16-19-39(2)57(38)51-37-55(45-28-30-49-48-26-14-15-27-52(48)58(5,6)53(49)36-45)59-54-31-29-46(35-50(51)54)56-40(3)32-47(33-41(56)4)44-25-17-24-43(34-44)23-11-8-7-10-20-42-21-12-9-13-22-42/h9,12-19,21-22,24-37H,7-8,10-11,20,23H2,1-6H3. The first-order valence-electron chi connectivity index (χ1n) is 21.7. The molecule has 1 aliphatic rings. The molecule has 0 atom stereocenters. The number of hydrogen-bond acceptors (Lipinski definition) is 1. The van der Waals surface area contributed by atoms with E-state index in [0.717, 1.165) is 23.2 Å². The number of pyridine rings is 1. The van der Waals surface area contributed by atoms with Gasteiger partial charge in [0.25, 0.3) is 0 Å². The van der Waals surface area contributed by atoms with Crippen molar-refractivity contribution in [1.29, 1.82) is 0 Å². The van der Waals surface area contributed by atoms with Crippen molar-refractivity contribution in [3.05, 3.63) is 196 Å². The van der Waals surface area contributed by atoms with E-state index in [1.165, 1.54) is 127 Å². The fourth-order valence-corrected chi connectivity index (χ4v) is 9.99. The van der Waals surface area contributed by atoms with Crippen LogP contribution in [0.25, 0.3) is 66.7 Å². The lowest BCUT2D eigenvalue weighted by Gasteiger charge is -2.22. The summed E-state index contributed by atoms with van der Waals surface area (Å²) in [5, 5.41) is 1.19. The van der Waals surface area contributed by atoms with E-state index >= 15 is 0 Å². The molecule has 0 unspecified atom stereocenters. The Morgan fingerprint density at radius 1 is 0.407 bits per heavy atom. The molecule has 1 aliphatic carbocycles. The van der Waals surface area contributed by atoms with Crippen LogP contribution in [0.5, 0.6) is 0 Å². The Hall–Kier alpha value is -6.05. The third kappa shape index (κ3) is 7.44. The van der Waals surface area contributed by atoms with Crippen LogP contribution in [-0.2, 0) is 18.3 Å². The molecule has 1 nitrogen and oxygen atoms in total. The van der Waals surface area contributed by atoms with Crippen LogP contribution in [0.2, 0.25) is 0 Å². The van der Waals surface area contributed by atoms with E-state index in [-0.39, 0.29) is 5.41 Å². The Kier molecular flexibility index (Phi) is 10.4. The quantitative estimate of drug-likeness (QED) is 0.120. The summed E-state index contributed by atoms with van der Waals surface area (Å²) in [5.41, 5.74) is 24.3. The van der Waals surface area contributed by atoms with Gasteiger partial charge in [0, 0.05) is 16.4 Å². The van der Waals surface area contributed by atoms with Crippen LogP contribution in [0.15, 0.2) is 152 Å². The zero-order valence-corrected chi connectivity index (χ0v) is 35.6. The van der Waals surface area contributed by atoms with Gasteiger partial charge in [-0.05, 0) is 167 Å². The molecule has 0 bridgehead atoms. The van der Waals surface area contributed by atoms with E-state index in [9.17, 15) is 0 Å². The summed E-state index contributed by atoms with van der Waals surface area (Å²) in [6, 6.07) is 56.6. The van der Waals surface area contributed by atoms with Crippen molar-refractivity contribution in [3.8, 4) is 55.8 Å². The van der Waals surface area contributed by atoms with Crippen molar-refractivity contribution < 1.29 is 0 Å². The smallest absolute Gasteiger partial charge is 0.0716 e. The van der Waals surface area contributed by atoms with E-state index in [1.54, 1.807) is 0 Å². The van der Waals surface area contributed by atoms with Crippen LogP contribution in [0, 0.1) is 27.7 Å². The van der Waals surface area contributed by atoms with E-state index in [0.29, 0.717) is 0 Å². The summed E-state index contributed by atoms with van der Waals surface area (Å²) >= 11 is 0. The van der Waals surface area contributed by atoms with Gasteiger partial charge < -0.3 is 0 Å². The molecule has 0 radical (unpaired) electrons. The van der Waals surface area contributed by atoms with Gasteiger partial charge in [0.1, 0.15) is 0 Å². The van der Waals surface area contributed by atoms with E-state index < -0.39 is 0 Å². The Morgan fingerprint density at radius 2 is 1.05 bits per heavy atom. The molecule has 7 aromatic carbocycles. The van der Waals surface area contributed by atoms with Gasteiger partial charge in [0.2, 0.25) is 0 Å². The summed E-state index contributed by atoms with van der Waals surface area (Å²) in [4.78, 5) is 5.40. The largest absolute Gasteiger partial charge is 0.248 e. The number of aromatic nitrogens is 1. The highest BCUT2D eigenvalue weighted by Crippen LogP contribution is 2.50. The molecule has 0 saturated heterocycles. The van der Waals surface area contributed by atoms with Gasteiger partial charge in [-0.2, -0.15) is 0 Å². The van der Waals surface area contributed by atoms with E-state index in [4.69, 9.17) is 4.98 Å². The second kappa shape index (κ2) is 16.0. The second-order valence-corrected chi connectivity index (χ2v) is 17.6. The highest BCUT2D eigenvalue weighted by molar-refractivity contribution is 6.01. The van der Waals surface area contributed by atoms with Gasteiger partial charge in [-0.25, -0.2) is 4.98 Å². The third-order valence-corrected chi connectivity index (χ3v) is 13.0. The average molecular weight is 766 g/mol. The van der Waals surface area contributed by atoms with Crippen LogP contribution in [0.3, 0.4) is 0 Å². The number of nitrogens with zero attached hydrogens (tertiary/aromatic N) is 1. The normalized spacial score (nSPS) is 12.8. The van der Waals surface area contributed by atoms with Crippen molar-refractivity contribution in [2.24, 2.45) is 0 Å². The maximum atomic E-state index is 5.40. The Balaban J connectivity index is 1.02. The molecule has 1 heterocycles. The monoisotopic (exact) mass is 765 g/mol. The lowest BCUT2D eigenvalue weighted by molar-refractivity contribution is 0.640. The zero-order chi connectivity index (χ0) is 40.7. The zero-order valence-electron chi connectivity index (χ0n) is 35.6. The van der Waals surface area contributed by atoms with Crippen molar-refractivity contribution in [1.82, 2.24) is 4.98 Å². The molecule has 1 heteroatoms. The number of rotatable bonds is 11. The average Bonchev–Trinajstić information content (AvgIpc) is 3.47. The minimum absolute atomic E-state index is 0.0695. The molecule has 9 rings (SSSR count). The fraction of sp³-hybridized carbons (Fsp3) is 0.224. The molecule has 0 amide bonds. The van der Waals surface area contributed by atoms with E-state index in [1.807, 2.05) is 0 Å². The van der Waals surface area contributed by atoms with E-state index in [2.05, 4.69) is 193 Å². The number of fused-ring (bicyclic) bond motifs is 4. The van der Waals surface area contributed by atoms with Gasteiger partial charge in [0.15, 0.2) is 0 Å². The predicted molar refractivity (Wildman–Crippen MR) is 252 cm³/mol. The van der Waals surface area contributed by atoms with Crippen molar-refractivity contribution in [3.63, 3.8) is 0 Å². The van der Waals surface area contributed by atoms with Gasteiger partial charge >= 0.3 is 0 Å². The van der Waals surface area contributed by atoms with Crippen LogP contribution < -0.4 is 0 Å². The van der Waals surface area contributed by atoms with Gasteiger partial charge in [0.05, 0.1) is 11.2 Å². The van der Waals surface area contributed by atoms with Crippen LogP contribution in [-0.4, -0.2) is 4.98 Å². The maximum absolute atomic E-state index is 5.40. The molecule has 0 spiro atoms. The summed E-state index contributed by atoms with van der Waals surface area (Å²) in [6.45, 7) is 13.7. The Labute approximate surface area is 351 Å². The first-order chi connectivity index (χ1) is 28.7. The Bertz CT molecular complexity index is 2790. The fourth-order valence-electron chi connectivity index (χ4n) is 9.99. The van der Waals surface area contributed by atoms with Crippen molar-refractivity contribution >= 4 is 10.9 Å². The minimum Gasteiger partial charge on any atom is -0.248 e. The van der Waals surface area contributed by atoms with Gasteiger partial charge in [-0.15, -0.1) is 0 Å². The molecular formula is C58H55N. The molecule has 0 fully saturated rings. The molecule has 59 heavy (non-hydrogen) atoms. The topological polar surface area (TPSA) is 12.9 Å². The number of hydrogen-bond donors (Lipinski definition) is 0. The Morgan fingerprint density at radius 3 is 1.81 bits per heavy atom. The van der Waals surface area contributed by atoms with Crippen molar-refractivity contribution in [2.75, 3.05) is 0 Å². The number of benzene rings is 7. The molecule has 8 aromatic rings. The molecule has 1 aromatic heterocycles. The van der Waals surface area contributed by atoms with Crippen LogP contribution in [0.1, 0.15) is 84.0 Å².